The molecule has 1 aromatic carbocycles. The predicted molar refractivity (Wildman–Crippen MR) is 89.0 cm³/mol. The molecular formula is C15H19N5O2S. The fourth-order valence-electron chi connectivity index (χ4n) is 1.85. The zero-order valence-corrected chi connectivity index (χ0v) is 13.9. The lowest BCUT2D eigenvalue weighted by Gasteiger charge is -2.06. The highest BCUT2D eigenvalue weighted by molar-refractivity contribution is 7.99. The summed E-state index contributed by atoms with van der Waals surface area (Å²) in [7, 11) is 1.84. The summed E-state index contributed by atoms with van der Waals surface area (Å²) >= 11 is 1.23. The number of amides is 3. The van der Waals surface area contributed by atoms with Gasteiger partial charge in [0.25, 0.3) is 0 Å². The average Bonchev–Trinajstić information content (AvgIpc) is 2.92. The van der Waals surface area contributed by atoms with Gasteiger partial charge in [-0.25, -0.2) is 4.79 Å². The van der Waals surface area contributed by atoms with E-state index >= 15 is 0 Å². The molecule has 0 spiro atoms. The summed E-state index contributed by atoms with van der Waals surface area (Å²) in [6.07, 6.45) is 0.817. The number of thioether (sulfide) groups is 1. The summed E-state index contributed by atoms with van der Waals surface area (Å²) in [6.45, 7) is 2.48. The molecule has 0 fully saturated rings. The van der Waals surface area contributed by atoms with Gasteiger partial charge < -0.3 is 9.88 Å². The molecule has 0 aliphatic carbocycles. The molecule has 2 rings (SSSR count). The Kier molecular flexibility index (Phi) is 6.16. The first-order valence-electron chi connectivity index (χ1n) is 7.27. The largest absolute Gasteiger partial charge is 0.338 e. The Bertz CT molecular complexity index is 672. The monoisotopic (exact) mass is 333 g/mol. The van der Waals surface area contributed by atoms with Crippen molar-refractivity contribution < 1.29 is 9.59 Å². The molecule has 2 aromatic rings. The third kappa shape index (κ3) is 4.82. The van der Waals surface area contributed by atoms with Crippen molar-refractivity contribution in [3.63, 3.8) is 0 Å². The number of rotatable bonds is 6. The van der Waals surface area contributed by atoms with E-state index in [0.717, 1.165) is 17.8 Å². The summed E-state index contributed by atoms with van der Waals surface area (Å²) in [4.78, 5) is 23.1. The second-order valence-corrected chi connectivity index (χ2v) is 5.77. The highest BCUT2D eigenvalue weighted by Crippen LogP contribution is 2.21. The zero-order chi connectivity index (χ0) is 16.7. The van der Waals surface area contributed by atoms with Crippen LogP contribution >= 0.6 is 11.8 Å². The van der Waals surface area contributed by atoms with Gasteiger partial charge in [-0.2, -0.15) is 0 Å². The van der Waals surface area contributed by atoms with Gasteiger partial charge >= 0.3 is 6.03 Å². The molecule has 7 nitrogen and oxygen atoms in total. The maximum absolute atomic E-state index is 11.7. The van der Waals surface area contributed by atoms with Crippen LogP contribution in [0.4, 0.5) is 4.79 Å². The minimum Gasteiger partial charge on any atom is -0.338 e. The molecule has 0 atom stereocenters. The normalized spacial score (nSPS) is 10.3. The number of imide groups is 1. The molecule has 1 aromatic heterocycles. The molecule has 2 N–H and O–H groups in total. The first-order chi connectivity index (χ1) is 11.1. The van der Waals surface area contributed by atoms with Crippen LogP contribution < -0.4 is 10.6 Å². The van der Waals surface area contributed by atoms with Crippen LogP contribution in [-0.2, 0) is 11.8 Å². The van der Waals surface area contributed by atoms with E-state index < -0.39 is 6.03 Å². The van der Waals surface area contributed by atoms with Crippen LogP contribution in [0.15, 0.2) is 35.5 Å². The smallest absolute Gasteiger partial charge is 0.321 e. The van der Waals surface area contributed by atoms with Crippen LogP contribution in [0.1, 0.15) is 13.3 Å². The van der Waals surface area contributed by atoms with E-state index in [9.17, 15) is 9.59 Å². The van der Waals surface area contributed by atoms with Gasteiger partial charge in [0.15, 0.2) is 11.0 Å². The second kappa shape index (κ2) is 8.33. The molecule has 0 aliphatic rings. The van der Waals surface area contributed by atoms with E-state index in [2.05, 4.69) is 20.8 Å². The van der Waals surface area contributed by atoms with E-state index in [1.807, 2.05) is 48.9 Å². The molecule has 0 aliphatic heterocycles. The van der Waals surface area contributed by atoms with Crippen LogP contribution in [0.3, 0.4) is 0 Å². The van der Waals surface area contributed by atoms with Gasteiger partial charge in [0.1, 0.15) is 0 Å². The van der Waals surface area contributed by atoms with Gasteiger partial charge in [-0.3, -0.25) is 10.1 Å². The van der Waals surface area contributed by atoms with E-state index in [0.29, 0.717) is 11.7 Å². The van der Waals surface area contributed by atoms with Crippen LogP contribution in [0.2, 0.25) is 0 Å². The molecule has 122 valence electrons. The van der Waals surface area contributed by atoms with Crippen molar-refractivity contribution in [3.05, 3.63) is 30.3 Å². The quantitative estimate of drug-likeness (QED) is 0.787. The van der Waals surface area contributed by atoms with Crippen molar-refractivity contribution in [2.24, 2.45) is 7.05 Å². The molecule has 23 heavy (non-hydrogen) atoms. The van der Waals surface area contributed by atoms with Crippen molar-refractivity contribution in [1.29, 1.82) is 0 Å². The van der Waals surface area contributed by atoms with Crippen molar-refractivity contribution in [1.82, 2.24) is 25.4 Å². The van der Waals surface area contributed by atoms with E-state index in [4.69, 9.17) is 0 Å². The molecule has 0 saturated carbocycles. The lowest BCUT2D eigenvalue weighted by atomic mass is 10.2. The third-order valence-electron chi connectivity index (χ3n) is 2.99. The van der Waals surface area contributed by atoms with Gasteiger partial charge in [-0.1, -0.05) is 49.0 Å². The second-order valence-electron chi connectivity index (χ2n) is 4.82. The Morgan fingerprint density at radius 3 is 2.65 bits per heavy atom. The topological polar surface area (TPSA) is 88.9 Å². The number of aromatic nitrogens is 3. The zero-order valence-electron chi connectivity index (χ0n) is 13.1. The van der Waals surface area contributed by atoms with Gasteiger partial charge in [0, 0.05) is 19.2 Å². The molecule has 0 bridgehead atoms. The van der Waals surface area contributed by atoms with Crippen LogP contribution in [-0.4, -0.2) is 39.0 Å². The van der Waals surface area contributed by atoms with Gasteiger partial charge in [0.2, 0.25) is 5.91 Å². The SMILES string of the molecule is CCCNC(=O)NC(=O)CSc1nnc(-c2ccccc2)n1C. The third-order valence-corrected chi connectivity index (χ3v) is 4.01. The van der Waals surface area contributed by atoms with Gasteiger partial charge in [-0.15, -0.1) is 10.2 Å². The molecule has 0 saturated heterocycles. The predicted octanol–water partition coefficient (Wildman–Crippen LogP) is 1.81. The number of nitrogens with one attached hydrogen (secondary N) is 2. The maximum Gasteiger partial charge on any atom is 0.321 e. The molecular weight excluding hydrogens is 314 g/mol. The summed E-state index contributed by atoms with van der Waals surface area (Å²) in [6, 6.07) is 9.22. The highest BCUT2D eigenvalue weighted by Gasteiger charge is 2.13. The number of benzene rings is 1. The Balaban J connectivity index is 1.91. The number of hydrogen-bond acceptors (Lipinski definition) is 5. The van der Waals surface area contributed by atoms with Crippen molar-refractivity contribution in [2.45, 2.75) is 18.5 Å². The number of carbonyl (C=O) groups is 2. The van der Waals surface area contributed by atoms with Crippen LogP contribution in [0.5, 0.6) is 0 Å². The number of carbonyl (C=O) groups excluding carboxylic acids is 2. The minimum atomic E-state index is -0.472. The lowest BCUT2D eigenvalue weighted by Crippen LogP contribution is -2.40. The average molecular weight is 333 g/mol. The Labute approximate surface area is 138 Å². The summed E-state index contributed by atoms with van der Waals surface area (Å²) < 4.78 is 1.82. The number of hydrogen-bond donors (Lipinski definition) is 2. The van der Waals surface area contributed by atoms with Crippen molar-refractivity contribution in [3.8, 4) is 11.4 Å². The van der Waals surface area contributed by atoms with E-state index in [1.54, 1.807) is 0 Å². The Hall–Kier alpha value is -2.35. The van der Waals surface area contributed by atoms with E-state index in [-0.39, 0.29) is 11.7 Å². The fourth-order valence-corrected chi connectivity index (χ4v) is 2.57. The van der Waals surface area contributed by atoms with Gasteiger partial charge in [-0.05, 0) is 6.42 Å². The van der Waals surface area contributed by atoms with Crippen LogP contribution in [0, 0.1) is 0 Å². The van der Waals surface area contributed by atoms with Gasteiger partial charge in [0.05, 0.1) is 5.75 Å². The fraction of sp³-hybridized carbons (Fsp3) is 0.333. The minimum absolute atomic E-state index is 0.0975. The summed E-state index contributed by atoms with van der Waals surface area (Å²) in [5.41, 5.74) is 0.956. The standard InChI is InChI=1S/C15H19N5O2S/c1-3-9-16-14(22)17-12(21)10-23-15-19-18-13(20(15)2)11-7-5-4-6-8-11/h4-8H,3,9-10H2,1-2H3,(H2,16,17,21,22). The molecule has 8 heteroatoms. The molecule has 0 unspecified atom stereocenters. The van der Waals surface area contributed by atoms with Crippen LogP contribution in [0.25, 0.3) is 11.4 Å². The first-order valence-corrected chi connectivity index (χ1v) is 8.25. The Morgan fingerprint density at radius 1 is 1.22 bits per heavy atom. The van der Waals surface area contributed by atoms with E-state index in [1.165, 1.54) is 11.8 Å². The maximum atomic E-state index is 11.7. The lowest BCUT2D eigenvalue weighted by molar-refractivity contribution is -0.117. The molecule has 0 radical (unpaired) electrons. The highest BCUT2D eigenvalue weighted by atomic mass is 32.2. The molecule has 1 heterocycles. The van der Waals surface area contributed by atoms with Crippen molar-refractivity contribution in [2.75, 3.05) is 12.3 Å². The Morgan fingerprint density at radius 2 is 1.96 bits per heavy atom. The number of urea groups is 1. The summed E-state index contributed by atoms with van der Waals surface area (Å²) in [5, 5.41) is 13.7. The number of nitrogens with zero attached hydrogens (tertiary/aromatic N) is 3. The summed E-state index contributed by atoms with van der Waals surface area (Å²) in [5.74, 6) is 0.461. The molecule has 3 amide bonds. The van der Waals surface area contributed by atoms with Crippen molar-refractivity contribution >= 4 is 23.7 Å². The first kappa shape index (κ1) is 17.0.